The summed E-state index contributed by atoms with van der Waals surface area (Å²) in [6.45, 7) is 3.61. The van der Waals surface area contributed by atoms with Crippen molar-refractivity contribution >= 4 is 11.9 Å². The van der Waals surface area contributed by atoms with Crippen LogP contribution in [0.2, 0.25) is 0 Å². The first-order valence-electron chi connectivity index (χ1n) is 7.04. The monoisotopic (exact) mass is 279 g/mol. The molecule has 1 saturated heterocycles. The van der Waals surface area contributed by atoms with Gasteiger partial charge in [0.15, 0.2) is 0 Å². The van der Waals surface area contributed by atoms with Crippen LogP contribution < -0.4 is 0 Å². The number of aliphatic carboxylic acids is 1. The molecule has 0 unspecified atom stereocenters. The molecule has 110 valence electrons. The first-order chi connectivity index (χ1) is 9.57. The fourth-order valence-electron chi connectivity index (χ4n) is 2.70. The second-order valence-electron chi connectivity index (χ2n) is 5.37. The van der Waals surface area contributed by atoms with E-state index in [1.807, 2.05) is 17.7 Å². The van der Waals surface area contributed by atoms with Crippen LogP contribution in [-0.4, -0.2) is 44.5 Å². The van der Waals surface area contributed by atoms with Gasteiger partial charge in [-0.05, 0) is 19.3 Å². The molecule has 0 atom stereocenters. The standard InChI is InChI=1S/C14H21N3O3/c1-2-14(13(19)20)4-8-17(9-5-14)12(18)3-7-16-10-6-15-11-16/h6,10-11H,2-5,7-9H2,1H3,(H,19,20). The molecule has 1 amide bonds. The smallest absolute Gasteiger partial charge is 0.309 e. The Labute approximate surface area is 118 Å². The Bertz CT molecular complexity index is 462. The lowest BCUT2D eigenvalue weighted by atomic mass is 9.76. The van der Waals surface area contributed by atoms with Crippen molar-refractivity contribution in [2.75, 3.05) is 13.1 Å². The van der Waals surface area contributed by atoms with Crippen LogP contribution in [-0.2, 0) is 16.1 Å². The van der Waals surface area contributed by atoms with E-state index in [1.165, 1.54) is 0 Å². The van der Waals surface area contributed by atoms with Gasteiger partial charge in [0, 0.05) is 38.4 Å². The largest absolute Gasteiger partial charge is 0.481 e. The molecule has 1 N–H and O–H groups in total. The highest BCUT2D eigenvalue weighted by Crippen LogP contribution is 2.35. The zero-order valence-corrected chi connectivity index (χ0v) is 11.8. The van der Waals surface area contributed by atoms with Crippen LogP contribution in [0.3, 0.4) is 0 Å². The molecule has 1 aliphatic rings. The van der Waals surface area contributed by atoms with E-state index in [0.717, 1.165) is 0 Å². The number of hydrogen-bond acceptors (Lipinski definition) is 3. The Morgan fingerprint density at radius 3 is 2.55 bits per heavy atom. The number of carboxylic acid groups (broad SMARTS) is 1. The maximum absolute atomic E-state index is 12.1. The maximum Gasteiger partial charge on any atom is 0.309 e. The van der Waals surface area contributed by atoms with Crippen molar-refractivity contribution in [3.05, 3.63) is 18.7 Å². The van der Waals surface area contributed by atoms with E-state index in [1.54, 1.807) is 17.4 Å². The average Bonchev–Trinajstić information content (AvgIpc) is 2.98. The molecular formula is C14H21N3O3. The van der Waals surface area contributed by atoms with Crippen LogP contribution in [0.1, 0.15) is 32.6 Å². The van der Waals surface area contributed by atoms with E-state index in [9.17, 15) is 14.7 Å². The number of rotatable bonds is 5. The number of carbonyl (C=O) groups is 2. The van der Waals surface area contributed by atoms with Crippen molar-refractivity contribution < 1.29 is 14.7 Å². The molecule has 1 fully saturated rings. The minimum atomic E-state index is -0.731. The van der Waals surface area contributed by atoms with Crippen LogP contribution >= 0.6 is 0 Å². The van der Waals surface area contributed by atoms with Gasteiger partial charge in [-0.25, -0.2) is 4.98 Å². The number of carboxylic acids is 1. The summed E-state index contributed by atoms with van der Waals surface area (Å²) in [6, 6.07) is 0. The van der Waals surface area contributed by atoms with E-state index >= 15 is 0 Å². The topological polar surface area (TPSA) is 75.4 Å². The van der Waals surface area contributed by atoms with E-state index < -0.39 is 11.4 Å². The summed E-state index contributed by atoms with van der Waals surface area (Å²) in [4.78, 5) is 29.2. The molecule has 0 radical (unpaired) electrons. The first kappa shape index (κ1) is 14.6. The maximum atomic E-state index is 12.1. The lowest BCUT2D eigenvalue weighted by Gasteiger charge is -2.38. The van der Waals surface area contributed by atoms with Crippen molar-refractivity contribution in [3.8, 4) is 0 Å². The lowest BCUT2D eigenvalue weighted by Crippen LogP contribution is -2.46. The van der Waals surface area contributed by atoms with Gasteiger partial charge < -0.3 is 14.6 Å². The second kappa shape index (κ2) is 6.07. The number of aromatic nitrogens is 2. The number of piperidine rings is 1. The summed E-state index contributed by atoms with van der Waals surface area (Å²) < 4.78 is 1.87. The molecule has 0 bridgehead atoms. The molecule has 2 rings (SSSR count). The molecule has 1 aliphatic heterocycles. The molecule has 0 saturated carbocycles. The summed E-state index contributed by atoms with van der Waals surface area (Å²) in [6.07, 6.45) is 7.37. The van der Waals surface area contributed by atoms with E-state index in [0.29, 0.717) is 45.3 Å². The van der Waals surface area contributed by atoms with Gasteiger partial charge >= 0.3 is 5.97 Å². The summed E-state index contributed by atoms with van der Waals surface area (Å²) in [5.74, 6) is -0.640. The summed E-state index contributed by atoms with van der Waals surface area (Å²) >= 11 is 0. The Morgan fingerprint density at radius 2 is 2.05 bits per heavy atom. The molecule has 6 heteroatoms. The Morgan fingerprint density at radius 1 is 1.35 bits per heavy atom. The Kier molecular flexibility index (Phi) is 4.42. The molecule has 20 heavy (non-hydrogen) atoms. The molecular weight excluding hydrogens is 258 g/mol. The number of aryl methyl sites for hydroxylation is 1. The Balaban J connectivity index is 1.84. The van der Waals surface area contributed by atoms with Gasteiger partial charge in [0.05, 0.1) is 11.7 Å². The fourth-order valence-corrected chi connectivity index (χ4v) is 2.70. The third kappa shape index (κ3) is 3.00. The number of imidazole rings is 1. The zero-order valence-electron chi connectivity index (χ0n) is 11.8. The van der Waals surface area contributed by atoms with Crippen molar-refractivity contribution in [2.45, 2.75) is 39.2 Å². The van der Waals surface area contributed by atoms with Crippen molar-refractivity contribution in [1.29, 1.82) is 0 Å². The van der Waals surface area contributed by atoms with Gasteiger partial charge in [-0.1, -0.05) is 6.92 Å². The molecule has 0 aliphatic carbocycles. The summed E-state index contributed by atoms with van der Waals surface area (Å²) in [5, 5.41) is 9.33. The molecule has 1 aromatic rings. The fraction of sp³-hybridized carbons (Fsp3) is 0.643. The number of nitrogens with zero attached hydrogens (tertiary/aromatic N) is 3. The molecule has 2 heterocycles. The third-order valence-corrected chi connectivity index (χ3v) is 4.35. The highest BCUT2D eigenvalue weighted by atomic mass is 16.4. The zero-order chi connectivity index (χ0) is 14.6. The van der Waals surface area contributed by atoms with Gasteiger partial charge in [-0.2, -0.15) is 0 Å². The number of likely N-dealkylation sites (tertiary alicyclic amines) is 1. The van der Waals surface area contributed by atoms with E-state index in [4.69, 9.17) is 0 Å². The summed E-state index contributed by atoms with van der Waals surface area (Å²) in [7, 11) is 0. The first-order valence-corrected chi connectivity index (χ1v) is 7.04. The Hall–Kier alpha value is -1.85. The van der Waals surface area contributed by atoms with E-state index in [2.05, 4.69) is 4.98 Å². The third-order valence-electron chi connectivity index (χ3n) is 4.35. The number of amides is 1. The van der Waals surface area contributed by atoms with Crippen LogP contribution in [0.5, 0.6) is 0 Å². The predicted octanol–water partition coefficient (Wildman–Crippen LogP) is 1.38. The van der Waals surface area contributed by atoms with Gasteiger partial charge in [0.1, 0.15) is 0 Å². The van der Waals surface area contributed by atoms with Gasteiger partial charge in [-0.3, -0.25) is 9.59 Å². The number of carbonyl (C=O) groups excluding carboxylic acids is 1. The normalized spacial score (nSPS) is 17.9. The predicted molar refractivity (Wildman–Crippen MR) is 73.0 cm³/mol. The SMILES string of the molecule is CCC1(C(=O)O)CCN(C(=O)CCn2ccnc2)CC1. The highest BCUT2D eigenvalue weighted by molar-refractivity contribution is 5.78. The second-order valence-corrected chi connectivity index (χ2v) is 5.37. The van der Waals surface area contributed by atoms with Crippen molar-refractivity contribution in [2.24, 2.45) is 5.41 Å². The minimum Gasteiger partial charge on any atom is -0.481 e. The van der Waals surface area contributed by atoms with Gasteiger partial charge in [-0.15, -0.1) is 0 Å². The van der Waals surface area contributed by atoms with Crippen LogP contribution in [0.25, 0.3) is 0 Å². The average molecular weight is 279 g/mol. The lowest BCUT2D eigenvalue weighted by molar-refractivity contribution is -0.154. The highest BCUT2D eigenvalue weighted by Gasteiger charge is 2.40. The van der Waals surface area contributed by atoms with E-state index in [-0.39, 0.29) is 5.91 Å². The molecule has 6 nitrogen and oxygen atoms in total. The van der Waals surface area contributed by atoms with Crippen LogP contribution in [0.15, 0.2) is 18.7 Å². The summed E-state index contributed by atoms with van der Waals surface area (Å²) in [5.41, 5.74) is -0.638. The molecule has 0 spiro atoms. The van der Waals surface area contributed by atoms with Gasteiger partial charge in [0.2, 0.25) is 5.91 Å². The molecule has 1 aromatic heterocycles. The van der Waals surface area contributed by atoms with Crippen molar-refractivity contribution in [3.63, 3.8) is 0 Å². The molecule has 0 aromatic carbocycles. The minimum absolute atomic E-state index is 0.0915. The number of hydrogen-bond donors (Lipinski definition) is 1. The van der Waals surface area contributed by atoms with Crippen LogP contribution in [0, 0.1) is 5.41 Å². The van der Waals surface area contributed by atoms with Crippen molar-refractivity contribution in [1.82, 2.24) is 14.5 Å². The quantitative estimate of drug-likeness (QED) is 0.883. The van der Waals surface area contributed by atoms with Crippen LogP contribution in [0.4, 0.5) is 0 Å². The van der Waals surface area contributed by atoms with Gasteiger partial charge in [0.25, 0.3) is 0 Å².